The predicted octanol–water partition coefficient (Wildman–Crippen LogP) is 3.81. The lowest BCUT2D eigenvalue weighted by Gasteiger charge is -2.07. The van der Waals surface area contributed by atoms with Gasteiger partial charge in [0.2, 0.25) is 0 Å². The van der Waals surface area contributed by atoms with Gasteiger partial charge in [0.1, 0.15) is 5.82 Å². The fraction of sp³-hybridized carbons (Fsp3) is 0.273. The minimum absolute atomic E-state index is 0.287. The first-order valence-electron chi connectivity index (χ1n) is 5.24. The Morgan fingerprint density at radius 1 is 1.53 bits per heavy atom. The Hall–Kier alpha value is -1.20. The molecule has 0 amide bonds. The van der Waals surface area contributed by atoms with Gasteiger partial charge >= 0.3 is 0 Å². The van der Waals surface area contributed by atoms with Gasteiger partial charge < -0.3 is 4.57 Å². The highest BCUT2D eigenvalue weighted by Crippen LogP contribution is 2.29. The quantitative estimate of drug-likeness (QED) is 0.861. The second-order valence-electron chi connectivity index (χ2n) is 3.60. The molecule has 0 spiro atoms. The maximum absolute atomic E-state index is 13.8. The molecule has 1 aromatic carbocycles. The van der Waals surface area contributed by atoms with E-state index in [9.17, 15) is 4.39 Å². The first-order chi connectivity index (χ1) is 8.15. The molecule has 1 heterocycles. The van der Waals surface area contributed by atoms with Crippen LogP contribution in [0.2, 0.25) is 5.02 Å². The largest absolute Gasteiger partial charge is 0.300 e. The smallest absolute Gasteiger partial charge is 0.195 e. The topological polar surface area (TPSA) is 33.6 Å². The van der Waals surface area contributed by atoms with Gasteiger partial charge in [-0.3, -0.25) is 5.10 Å². The molecule has 1 aromatic heterocycles. The van der Waals surface area contributed by atoms with Crippen molar-refractivity contribution < 1.29 is 4.39 Å². The maximum atomic E-state index is 13.8. The standard InChI is InChI=1S/C11H11ClFN3S/c1-2-6-16-10(14-15-11(16)17)9-7(12)4-3-5-8(9)13/h3-5H,2,6H2,1H3,(H,15,17). The number of aromatic nitrogens is 3. The van der Waals surface area contributed by atoms with E-state index >= 15 is 0 Å². The van der Waals surface area contributed by atoms with Gasteiger partial charge in [0, 0.05) is 6.54 Å². The summed E-state index contributed by atoms with van der Waals surface area (Å²) in [4.78, 5) is 0. The van der Waals surface area contributed by atoms with Crippen molar-refractivity contribution in [2.45, 2.75) is 19.9 Å². The summed E-state index contributed by atoms with van der Waals surface area (Å²) in [5, 5.41) is 7.04. The van der Waals surface area contributed by atoms with Crippen molar-refractivity contribution in [1.29, 1.82) is 0 Å². The zero-order chi connectivity index (χ0) is 12.4. The van der Waals surface area contributed by atoms with Crippen LogP contribution >= 0.6 is 23.8 Å². The number of benzene rings is 1. The van der Waals surface area contributed by atoms with E-state index in [2.05, 4.69) is 10.2 Å². The maximum Gasteiger partial charge on any atom is 0.195 e. The summed E-state index contributed by atoms with van der Waals surface area (Å²) in [6, 6.07) is 4.55. The minimum atomic E-state index is -0.399. The molecule has 0 atom stereocenters. The highest BCUT2D eigenvalue weighted by atomic mass is 35.5. The van der Waals surface area contributed by atoms with E-state index in [4.69, 9.17) is 23.8 Å². The number of halogens is 2. The first kappa shape index (κ1) is 12.3. The second kappa shape index (κ2) is 4.98. The molecule has 0 unspecified atom stereocenters. The lowest BCUT2D eigenvalue weighted by atomic mass is 10.2. The van der Waals surface area contributed by atoms with Crippen LogP contribution < -0.4 is 0 Å². The molecule has 2 rings (SSSR count). The molecule has 0 fully saturated rings. The highest BCUT2D eigenvalue weighted by Gasteiger charge is 2.15. The molecule has 0 aliphatic heterocycles. The van der Waals surface area contributed by atoms with Gasteiger partial charge in [0.05, 0.1) is 10.6 Å². The van der Waals surface area contributed by atoms with Gasteiger partial charge in [-0.05, 0) is 30.8 Å². The van der Waals surface area contributed by atoms with Crippen molar-refractivity contribution in [2.75, 3.05) is 0 Å². The van der Waals surface area contributed by atoms with Crippen molar-refractivity contribution in [1.82, 2.24) is 14.8 Å². The zero-order valence-corrected chi connectivity index (χ0v) is 10.8. The minimum Gasteiger partial charge on any atom is -0.300 e. The number of nitrogens with one attached hydrogen (secondary N) is 1. The third kappa shape index (κ3) is 2.25. The van der Waals surface area contributed by atoms with Gasteiger partial charge in [-0.2, -0.15) is 5.10 Å². The van der Waals surface area contributed by atoms with Crippen LogP contribution in [0.15, 0.2) is 18.2 Å². The van der Waals surface area contributed by atoms with Crippen LogP contribution in [0, 0.1) is 10.6 Å². The molecule has 0 saturated heterocycles. The fourth-order valence-electron chi connectivity index (χ4n) is 1.65. The predicted molar refractivity (Wildman–Crippen MR) is 68.1 cm³/mol. The first-order valence-corrected chi connectivity index (χ1v) is 6.03. The SMILES string of the molecule is CCCn1c(-c2c(F)cccc2Cl)n[nH]c1=S. The Morgan fingerprint density at radius 3 is 2.94 bits per heavy atom. The van der Waals surface area contributed by atoms with Crippen molar-refractivity contribution >= 4 is 23.8 Å². The summed E-state index contributed by atoms with van der Waals surface area (Å²) in [6.07, 6.45) is 0.882. The number of aromatic amines is 1. The molecule has 0 saturated carbocycles. The van der Waals surface area contributed by atoms with E-state index in [1.165, 1.54) is 6.07 Å². The fourth-order valence-corrected chi connectivity index (χ4v) is 2.12. The van der Waals surface area contributed by atoms with E-state index in [0.29, 0.717) is 22.2 Å². The summed E-state index contributed by atoms with van der Waals surface area (Å²) < 4.78 is 16.0. The average Bonchev–Trinajstić information content (AvgIpc) is 2.62. The monoisotopic (exact) mass is 271 g/mol. The summed E-state index contributed by atoms with van der Waals surface area (Å²) in [5.74, 6) is 0.0452. The van der Waals surface area contributed by atoms with E-state index in [-0.39, 0.29) is 5.56 Å². The molecule has 17 heavy (non-hydrogen) atoms. The molecule has 3 nitrogen and oxygen atoms in total. The van der Waals surface area contributed by atoms with Crippen LogP contribution in [-0.2, 0) is 6.54 Å². The molecule has 90 valence electrons. The molecule has 0 bridgehead atoms. The van der Waals surface area contributed by atoms with Crippen molar-refractivity contribution in [2.24, 2.45) is 0 Å². The highest BCUT2D eigenvalue weighted by molar-refractivity contribution is 7.71. The third-order valence-electron chi connectivity index (χ3n) is 2.39. The number of hydrogen-bond acceptors (Lipinski definition) is 2. The van der Waals surface area contributed by atoms with E-state index < -0.39 is 5.82 Å². The Bertz CT molecular complexity index is 570. The van der Waals surface area contributed by atoms with Gasteiger partial charge in [0.15, 0.2) is 10.6 Å². The Labute approximate surface area is 108 Å². The van der Waals surface area contributed by atoms with Crippen molar-refractivity contribution in [3.05, 3.63) is 33.8 Å². The van der Waals surface area contributed by atoms with Gasteiger partial charge in [-0.15, -0.1) is 0 Å². The molecule has 0 aliphatic carbocycles. The van der Waals surface area contributed by atoms with Crippen molar-refractivity contribution in [3.63, 3.8) is 0 Å². The van der Waals surface area contributed by atoms with Gasteiger partial charge in [-0.25, -0.2) is 4.39 Å². The van der Waals surface area contributed by atoms with E-state index in [1.807, 2.05) is 6.92 Å². The zero-order valence-electron chi connectivity index (χ0n) is 9.20. The normalized spacial score (nSPS) is 10.8. The molecule has 0 radical (unpaired) electrons. The Kier molecular flexibility index (Phi) is 3.59. The van der Waals surface area contributed by atoms with E-state index in [0.717, 1.165) is 6.42 Å². The molecular formula is C11H11ClFN3S. The van der Waals surface area contributed by atoms with Gasteiger partial charge in [0.25, 0.3) is 0 Å². The number of rotatable bonds is 3. The lowest BCUT2D eigenvalue weighted by Crippen LogP contribution is -2.01. The molecule has 2 aromatic rings. The summed E-state index contributed by atoms with van der Waals surface area (Å²) in [5.41, 5.74) is 0.287. The van der Waals surface area contributed by atoms with E-state index in [1.54, 1.807) is 16.7 Å². The van der Waals surface area contributed by atoms with Crippen LogP contribution in [0.5, 0.6) is 0 Å². The number of hydrogen-bond donors (Lipinski definition) is 1. The molecule has 6 heteroatoms. The van der Waals surface area contributed by atoms with Crippen LogP contribution in [0.3, 0.4) is 0 Å². The van der Waals surface area contributed by atoms with Crippen LogP contribution in [0.25, 0.3) is 11.4 Å². The molecular weight excluding hydrogens is 261 g/mol. The Morgan fingerprint density at radius 2 is 2.29 bits per heavy atom. The van der Waals surface area contributed by atoms with Crippen LogP contribution in [-0.4, -0.2) is 14.8 Å². The summed E-state index contributed by atoms with van der Waals surface area (Å²) in [7, 11) is 0. The third-order valence-corrected chi connectivity index (χ3v) is 3.02. The average molecular weight is 272 g/mol. The molecule has 1 N–H and O–H groups in total. The summed E-state index contributed by atoms with van der Waals surface area (Å²) in [6.45, 7) is 2.69. The van der Waals surface area contributed by atoms with Crippen molar-refractivity contribution in [3.8, 4) is 11.4 Å². The Balaban J connectivity index is 2.65. The lowest BCUT2D eigenvalue weighted by molar-refractivity contribution is 0.623. The van der Waals surface area contributed by atoms with Gasteiger partial charge in [-0.1, -0.05) is 24.6 Å². The van der Waals surface area contributed by atoms with Crippen LogP contribution in [0.1, 0.15) is 13.3 Å². The number of H-pyrrole nitrogens is 1. The number of nitrogens with zero attached hydrogens (tertiary/aromatic N) is 2. The molecule has 0 aliphatic rings. The summed E-state index contributed by atoms with van der Waals surface area (Å²) >= 11 is 11.1. The van der Waals surface area contributed by atoms with Crippen LogP contribution in [0.4, 0.5) is 4.39 Å². The second-order valence-corrected chi connectivity index (χ2v) is 4.39.